The molecule has 0 aromatic heterocycles. The van der Waals surface area contributed by atoms with Crippen molar-refractivity contribution >= 4 is 16.3 Å². The van der Waals surface area contributed by atoms with Crippen molar-refractivity contribution in [3.8, 4) is 0 Å². The Bertz CT molecular complexity index is 1130. The molecule has 1 rings (SSSR count). The van der Waals surface area contributed by atoms with E-state index < -0.39 is 78.5 Å². The maximum absolute atomic E-state index is 13.0. The minimum absolute atomic E-state index is 0.264. The maximum Gasteiger partial charge on any atom is 0.397 e. The van der Waals surface area contributed by atoms with Gasteiger partial charge in [-0.1, -0.05) is 226 Å². The smallest absolute Gasteiger partial charge is 0.394 e. The summed E-state index contributed by atoms with van der Waals surface area (Å²) in [4.78, 5) is 13.0. The number of nitrogens with one attached hydrogen (secondary N) is 1. The molecule has 1 aliphatic heterocycles. The van der Waals surface area contributed by atoms with Crippen LogP contribution in [0.4, 0.5) is 0 Å². The van der Waals surface area contributed by atoms with Crippen molar-refractivity contribution in [1.82, 2.24) is 5.32 Å². The molecule has 0 saturated carbocycles. The number of rotatable bonds is 44. The molecular formula is C48H95NO12S. The van der Waals surface area contributed by atoms with Crippen LogP contribution < -0.4 is 5.32 Å². The standard InChI is InChI=1S/C48H95NO12S/c1-3-5-7-8-9-10-11-12-13-14-15-16-17-18-19-20-21-22-23-24-25-26-27-28-29-30-31-32-33-35-37-42(52)47(55)49-40(41(51)36-34-6-4-2)39-59-48-45(54)46(61-62(56,57)58)44(53)43(38-50)60-48/h40-46,48,50-54H,3-39H2,1-2H3,(H,49,55)(H,56,57,58). The van der Waals surface area contributed by atoms with Gasteiger partial charge in [0.15, 0.2) is 6.29 Å². The monoisotopic (exact) mass is 910 g/mol. The zero-order valence-corrected chi connectivity index (χ0v) is 40.1. The predicted octanol–water partition coefficient (Wildman–Crippen LogP) is 9.53. The van der Waals surface area contributed by atoms with Gasteiger partial charge in [0, 0.05) is 0 Å². The predicted molar refractivity (Wildman–Crippen MR) is 247 cm³/mol. The Labute approximate surface area is 378 Å². The van der Waals surface area contributed by atoms with Crippen molar-refractivity contribution in [2.45, 2.75) is 288 Å². The zero-order chi connectivity index (χ0) is 45.7. The Morgan fingerprint density at radius 1 is 0.581 bits per heavy atom. The average Bonchev–Trinajstić information content (AvgIpc) is 3.24. The first-order valence-electron chi connectivity index (χ1n) is 25.5. The van der Waals surface area contributed by atoms with Crippen LogP contribution in [-0.4, -0.2) is 107 Å². The van der Waals surface area contributed by atoms with Gasteiger partial charge in [0.25, 0.3) is 0 Å². The molecule has 1 aliphatic rings. The molecule has 1 saturated heterocycles. The fourth-order valence-electron chi connectivity index (χ4n) is 8.47. The molecule has 8 atom stereocenters. The van der Waals surface area contributed by atoms with E-state index in [9.17, 15) is 38.7 Å². The summed E-state index contributed by atoms with van der Waals surface area (Å²) >= 11 is 0. The van der Waals surface area contributed by atoms with Gasteiger partial charge in [-0.15, -0.1) is 0 Å². The number of hydrogen-bond acceptors (Lipinski definition) is 11. The molecule has 1 fully saturated rings. The van der Waals surface area contributed by atoms with Crippen molar-refractivity contribution < 1.29 is 57.0 Å². The Balaban J connectivity index is 2.10. The minimum Gasteiger partial charge on any atom is -0.394 e. The maximum atomic E-state index is 13.0. The van der Waals surface area contributed by atoms with E-state index in [1.165, 1.54) is 167 Å². The van der Waals surface area contributed by atoms with Gasteiger partial charge in [0.1, 0.15) is 30.5 Å². The van der Waals surface area contributed by atoms with E-state index in [4.69, 9.17) is 14.0 Å². The zero-order valence-electron chi connectivity index (χ0n) is 39.3. The molecule has 8 unspecified atom stereocenters. The molecule has 0 aromatic rings. The molecule has 0 bridgehead atoms. The number of amides is 1. The van der Waals surface area contributed by atoms with Gasteiger partial charge in [-0.05, 0) is 12.8 Å². The van der Waals surface area contributed by atoms with Gasteiger partial charge in [-0.3, -0.25) is 9.35 Å². The summed E-state index contributed by atoms with van der Waals surface area (Å²) in [5.41, 5.74) is 0. The fraction of sp³-hybridized carbons (Fsp3) is 0.979. The van der Waals surface area contributed by atoms with Crippen LogP contribution in [-0.2, 0) is 28.9 Å². The minimum atomic E-state index is -5.10. The summed E-state index contributed by atoms with van der Waals surface area (Å²) in [6.45, 7) is 3.09. The first-order chi connectivity index (χ1) is 29.9. The van der Waals surface area contributed by atoms with E-state index in [1.807, 2.05) is 6.92 Å². The number of carbonyl (C=O) groups excluding carboxylic acids is 1. The summed E-state index contributed by atoms with van der Waals surface area (Å²) < 4.78 is 47.1. The molecule has 62 heavy (non-hydrogen) atoms. The highest BCUT2D eigenvalue weighted by atomic mass is 32.3. The summed E-state index contributed by atoms with van der Waals surface area (Å²) in [6.07, 6.45) is 31.7. The summed E-state index contributed by atoms with van der Waals surface area (Å²) in [5, 5.41) is 54.6. The highest BCUT2D eigenvalue weighted by molar-refractivity contribution is 7.80. The quantitative estimate of drug-likeness (QED) is 0.0225. The topological polar surface area (TPSA) is 212 Å². The van der Waals surface area contributed by atoms with E-state index in [2.05, 4.69) is 16.4 Å². The largest absolute Gasteiger partial charge is 0.397 e. The molecule has 0 spiro atoms. The van der Waals surface area contributed by atoms with E-state index in [0.29, 0.717) is 19.3 Å². The van der Waals surface area contributed by atoms with E-state index in [-0.39, 0.29) is 6.42 Å². The number of hydrogen-bond donors (Lipinski definition) is 7. The Morgan fingerprint density at radius 2 is 0.935 bits per heavy atom. The van der Waals surface area contributed by atoms with Gasteiger partial charge in [-0.2, -0.15) is 8.42 Å². The first-order valence-corrected chi connectivity index (χ1v) is 26.9. The molecule has 0 aliphatic carbocycles. The Morgan fingerprint density at radius 3 is 1.31 bits per heavy atom. The number of carbonyl (C=O) groups is 1. The number of aliphatic hydroxyl groups excluding tert-OH is 5. The van der Waals surface area contributed by atoms with E-state index >= 15 is 0 Å². The van der Waals surface area contributed by atoms with Crippen molar-refractivity contribution in [3.05, 3.63) is 0 Å². The lowest BCUT2D eigenvalue weighted by Gasteiger charge is -2.41. The molecule has 14 heteroatoms. The molecule has 7 N–H and O–H groups in total. The first kappa shape index (κ1) is 59.1. The average molecular weight is 910 g/mol. The van der Waals surface area contributed by atoms with Crippen LogP contribution >= 0.6 is 0 Å². The van der Waals surface area contributed by atoms with Gasteiger partial charge < -0.3 is 40.3 Å². The second kappa shape index (κ2) is 39.2. The van der Waals surface area contributed by atoms with E-state index in [0.717, 1.165) is 32.1 Å². The lowest BCUT2D eigenvalue weighted by atomic mass is 9.99. The summed E-state index contributed by atoms with van der Waals surface area (Å²) in [5.74, 6) is -0.676. The van der Waals surface area contributed by atoms with Crippen LogP contribution in [0.5, 0.6) is 0 Å². The van der Waals surface area contributed by atoms with Crippen LogP contribution in [0.15, 0.2) is 0 Å². The molecule has 0 radical (unpaired) electrons. The van der Waals surface area contributed by atoms with Gasteiger partial charge in [0.2, 0.25) is 5.91 Å². The second-order valence-electron chi connectivity index (χ2n) is 18.3. The number of ether oxygens (including phenoxy) is 2. The number of unbranched alkanes of at least 4 members (excludes halogenated alkanes) is 31. The van der Waals surface area contributed by atoms with E-state index in [1.54, 1.807) is 0 Å². The lowest BCUT2D eigenvalue weighted by molar-refractivity contribution is -0.298. The third kappa shape index (κ3) is 31.1. The molecule has 1 amide bonds. The number of aliphatic hydroxyl groups is 5. The molecule has 1 heterocycles. The molecule has 0 aromatic carbocycles. The van der Waals surface area contributed by atoms with Crippen LogP contribution in [0.3, 0.4) is 0 Å². The van der Waals surface area contributed by atoms with Gasteiger partial charge in [0.05, 0.1) is 25.4 Å². The van der Waals surface area contributed by atoms with Crippen molar-refractivity contribution in [2.24, 2.45) is 0 Å². The highest BCUT2D eigenvalue weighted by Crippen LogP contribution is 2.26. The van der Waals surface area contributed by atoms with Crippen LogP contribution in [0.25, 0.3) is 0 Å². The van der Waals surface area contributed by atoms with Crippen molar-refractivity contribution in [2.75, 3.05) is 13.2 Å². The fourth-order valence-corrected chi connectivity index (χ4v) is 8.98. The third-order valence-electron chi connectivity index (χ3n) is 12.5. The Hall–Kier alpha value is -0.940. The molecule has 370 valence electrons. The van der Waals surface area contributed by atoms with Crippen LogP contribution in [0.2, 0.25) is 0 Å². The van der Waals surface area contributed by atoms with Gasteiger partial charge >= 0.3 is 10.4 Å². The molecular weight excluding hydrogens is 815 g/mol. The SMILES string of the molecule is CCCCCCCCCCCCCCCCCCCCCCCCCCCCCCCCC(O)C(=O)NC(COC1OC(CO)C(O)C(OS(=O)(=O)O)C1O)C(O)CCCCC. The van der Waals surface area contributed by atoms with Crippen molar-refractivity contribution in [3.63, 3.8) is 0 Å². The van der Waals surface area contributed by atoms with Crippen molar-refractivity contribution in [1.29, 1.82) is 0 Å². The second-order valence-corrected chi connectivity index (χ2v) is 19.3. The van der Waals surface area contributed by atoms with Crippen LogP contribution in [0.1, 0.15) is 239 Å². The third-order valence-corrected chi connectivity index (χ3v) is 13.0. The summed E-state index contributed by atoms with van der Waals surface area (Å²) in [7, 11) is -5.10. The Kier molecular flexibility index (Phi) is 37.4. The lowest BCUT2D eigenvalue weighted by Crippen LogP contribution is -2.61. The normalized spacial score (nSPS) is 20.9. The highest BCUT2D eigenvalue weighted by Gasteiger charge is 2.48. The summed E-state index contributed by atoms with van der Waals surface area (Å²) in [6, 6.07) is -1.02. The molecule has 13 nitrogen and oxygen atoms in total. The van der Waals surface area contributed by atoms with Gasteiger partial charge in [-0.25, -0.2) is 4.18 Å². The van der Waals surface area contributed by atoms with Crippen LogP contribution in [0, 0.1) is 0 Å².